The van der Waals surface area contributed by atoms with Crippen molar-refractivity contribution in [3.63, 3.8) is 0 Å². The number of carbonyl (C=O) groups excluding carboxylic acids is 1. The molecule has 0 heterocycles. The Bertz CT molecular complexity index is 1050. The smallest absolute Gasteiger partial charge is 0.323 e. The van der Waals surface area contributed by atoms with Gasteiger partial charge >= 0.3 is 26.3 Å². The standard InChI is InChI=1S/C18H22N2O7S2/c1-3-13-29(24,25)26-15-11-9-14(10-12-15)19-18(21)20-16-7-5-6-8-17(16)27-28(22,23)4-2/h5-12H,3-4,13H2,1-2H3,(H2,19,20,21). The van der Waals surface area contributed by atoms with Gasteiger partial charge in [0.05, 0.1) is 17.2 Å². The van der Waals surface area contributed by atoms with E-state index in [9.17, 15) is 21.6 Å². The molecule has 158 valence electrons. The van der Waals surface area contributed by atoms with Crippen molar-refractivity contribution in [1.29, 1.82) is 0 Å². The van der Waals surface area contributed by atoms with Gasteiger partial charge in [-0.2, -0.15) is 16.8 Å². The van der Waals surface area contributed by atoms with Crippen LogP contribution in [0.3, 0.4) is 0 Å². The van der Waals surface area contributed by atoms with Gasteiger partial charge in [-0.3, -0.25) is 0 Å². The summed E-state index contributed by atoms with van der Waals surface area (Å²) in [6, 6.07) is 11.2. The van der Waals surface area contributed by atoms with E-state index in [0.29, 0.717) is 12.1 Å². The van der Waals surface area contributed by atoms with Crippen LogP contribution in [-0.4, -0.2) is 34.4 Å². The maximum Gasteiger partial charge on any atom is 0.323 e. The second kappa shape index (κ2) is 9.61. The van der Waals surface area contributed by atoms with E-state index in [1.165, 1.54) is 43.3 Å². The van der Waals surface area contributed by atoms with Crippen molar-refractivity contribution in [2.75, 3.05) is 22.1 Å². The molecular weight excluding hydrogens is 420 g/mol. The Labute approximate surface area is 170 Å². The molecule has 2 amide bonds. The van der Waals surface area contributed by atoms with Crippen molar-refractivity contribution in [2.45, 2.75) is 20.3 Å². The molecule has 2 N–H and O–H groups in total. The minimum Gasteiger partial charge on any atom is -0.382 e. The molecule has 0 aliphatic rings. The summed E-state index contributed by atoms with van der Waals surface area (Å²) < 4.78 is 56.6. The molecule has 0 fully saturated rings. The Morgan fingerprint density at radius 1 is 0.862 bits per heavy atom. The normalized spacial score (nSPS) is 11.5. The number of amides is 2. The minimum absolute atomic E-state index is 0.00520. The zero-order chi connectivity index (χ0) is 21.5. The largest absolute Gasteiger partial charge is 0.382 e. The first kappa shape index (κ1) is 22.5. The van der Waals surface area contributed by atoms with Gasteiger partial charge in [-0.1, -0.05) is 19.1 Å². The van der Waals surface area contributed by atoms with Crippen molar-refractivity contribution in [1.82, 2.24) is 0 Å². The second-order valence-corrected chi connectivity index (χ2v) is 9.42. The Hall–Kier alpha value is -2.79. The average Bonchev–Trinajstić information content (AvgIpc) is 2.64. The minimum atomic E-state index is -3.75. The highest BCUT2D eigenvalue weighted by molar-refractivity contribution is 7.87. The van der Waals surface area contributed by atoms with E-state index < -0.39 is 26.3 Å². The molecular formula is C18H22N2O7S2. The molecule has 29 heavy (non-hydrogen) atoms. The van der Waals surface area contributed by atoms with Crippen LogP contribution in [0.2, 0.25) is 0 Å². The third-order valence-corrected chi connectivity index (χ3v) is 5.99. The van der Waals surface area contributed by atoms with Crippen LogP contribution in [0, 0.1) is 0 Å². The van der Waals surface area contributed by atoms with Gasteiger partial charge in [-0.25, -0.2) is 4.79 Å². The molecule has 0 saturated carbocycles. The predicted octanol–water partition coefficient (Wildman–Crippen LogP) is 3.18. The molecule has 0 saturated heterocycles. The van der Waals surface area contributed by atoms with Crippen molar-refractivity contribution < 1.29 is 30.0 Å². The van der Waals surface area contributed by atoms with Crippen LogP contribution in [0.4, 0.5) is 16.2 Å². The van der Waals surface area contributed by atoms with Gasteiger partial charge in [0.2, 0.25) is 0 Å². The molecule has 0 aliphatic heterocycles. The molecule has 0 bridgehead atoms. The lowest BCUT2D eigenvalue weighted by molar-refractivity contribution is 0.262. The average molecular weight is 443 g/mol. The molecule has 0 aromatic heterocycles. The van der Waals surface area contributed by atoms with Crippen LogP contribution in [0.1, 0.15) is 20.3 Å². The zero-order valence-electron chi connectivity index (χ0n) is 15.9. The molecule has 2 rings (SSSR count). The van der Waals surface area contributed by atoms with Crippen LogP contribution < -0.4 is 19.0 Å². The summed E-state index contributed by atoms with van der Waals surface area (Å²) in [4.78, 5) is 12.2. The second-order valence-electron chi connectivity index (χ2n) is 5.87. The van der Waals surface area contributed by atoms with Crippen LogP contribution in [0.5, 0.6) is 11.5 Å². The number of para-hydroxylation sites is 2. The van der Waals surface area contributed by atoms with Crippen molar-refractivity contribution >= 4 is 37.6 Å². The lowest BCUT2D eigenvalue weighted by Crippen LogP contribution is -2.20. The Balaban J connectivity index is 2.03. The maximum absolute atomic E-state index is 12.2. The van der Waals surface area contributed by atoms with Gasteiger partial charge in [0, 0.05) is 5.69 Å². The number of hydrogen-bond acceptors (Lipinski definition) is 7. The van der Waals surface area contributed by atoms with E-state index >= 15 is 0 Å². The van der Waals surface area contributed by atoms with E-state index in [4.69, 9.17) is 8.37 Å². The van der Waals surface area contributed by atoms with Gasteiger partial charge in [-0.05, 0) is 49.7 Å². The number of anilines is 2. The lowest BCUT2D eigenvalue weighted by atomic mass is 10.3. The van der Waals surface area contributed by atoms with Crippen LogP contribution in [0.15, 0.2) is 48.5 Å². The number of nitrogens with one attached hydrogen (secondary N) is 2. The third kappa shape index (κ3) is 7.27. The highest BCUT2D eigenvalue weighted by Gasteiger charge is 2.15. The van der Waals surface area contributed by atoms with E-state index in [1.54, 1.807) is 19.1 Å². The first-order valence-corrected chi connectivity index (χ1v) is 11.9. The molecule has 9 nitrogen and oxygen atoms in total. The van der Waals surface area contributed by atoms with Crippen molar-refractivity contribution in [3.8, 4) is 11.5 Å². The predicted molar refractivity (Wildman–Crippen MR) is 110 cm³/mol. The van der Waals surface area contributed by atoms with Crippen LogP contribution in [-0.2, 0) is 20.2 Å². The van der Waals surface area contributed by atoms with E-state index in [0.717, 1.165) is 0 Å². The number of urea groups is 1. The Morgan fingerprint density at radius 3 is 2.14 bits per heavy atom. The molecule has 0 unspecified atom stereocenters. The monoisotopic (exact) mass is 442 g/mol. The number of hydrogen-bond donors (Lipinski definition) is 2. The quantitative estimate of drug-likeness (QED) is 0.571. The molecule has 0 atom stereocenters. The van der Waals surface area contributed by atoms with Crippen LogP contribution in [0.25, 0.3) is 0 Å². The van der Waals surface area contributed by atoms with Gasteiger partial charge in [0.1, 0.15) is 5.75 Å². The van der Waals surface area contributed by atoms with E-state index in [-0.39, 0.29) is 28.7 Å². The number of rotatable bonds is 9. The summed E-state index contributed by atoms with van der Waals surface area (Å²) in [7, 11) is -7.39. The summed E-state index contributed by atoms with van der Waals surface area (Å²) in [6.45, 7) is 3.17. The summed E-state index contributed by atoms with van der Waals surface area (Å²) in [5.74, 6) is -0.178. The molecule has 0 aliphatic carbocycles. The fourth-order valence-electron chi connectivity index (χ4n) is 2.16. The van der Waals surface area contributed by atoms with E-state index in [2.05, 4.69) is 10.6 Å². The third-order valence-electron chi connectivity index (χ3n) is 3.50. The highest BCUT2D eigenvalue weighted by atomic mass is 32.2. The number of benzene rings is 2. The topological polar surface area (TPSA) is 128 Å². The summed E-state index contributed by atoms with van der Waals surface area (Å²) in [6.07, 6.45) is 0.437. The van der Waals surface area contributed by atoms with Gasteiger partial charge < -0.3 is 19.0 Å². The van der Waals surface area contributed by atoms with E-state index in [1.807, 2.05) is 0 Å². The zero-order valence-corrected chi connectivity index (χ0v) is 17.5. The summed E-state index contributed by atoms with van der Waals surface area (Å²) >= 11 is 0. The fraction of sp³-hybridized carbons (Fsp3) is 0.278. The first-order valence-electron chi connectivity index (χ1n) is 8.75. The summed E-state index contributed by atoms with van der Waals surface area (Å²) in [5, 5.41) is 5.06. The lowest BCUT2D eigenvalue weighted by Gasteiger charge is -2.12. The molecule has 2 aromatic carbocycles. The highest BCUT2D eigenvalue weighted by Crippen LogP contribution is 2.26. The molecule has 11 heteroatoms. The SMILES string of the molecule is CCCS(=O)(=O)Oc1ccc(NC(=O)Nc2ccccc2OS(=O)(=O)CC)cc1. The van der Waals surface area contributed by atoms with Gasteiger partial charge in [0.25, 0.3) is 0 Å². The molecule has 0 radical (unpaired) electrons. The maximum atomic E-state index is 12.2. The van der Waals surface area contributed by atoms with Crippen molar-refractivity contribution in [3.05, 3.63) is 48.5 Å². The van der Waals surface area contributed by atoms with Gasteiger partial charge in [0.15, 0.2) is 5.75 Å². The van der Waals surface area contributed by atoms with Gasteiger partial charge in [-0.15, -0.1) is 0 Å². The van der Waals surface area contributed by atoms with Crippen LogP contribution >= 0.6 is 0 Å². The summed E-state index contributed by atoms with van der Waals surface area (Å²) in [5.41, 5.74) is 0.551. The number of carbonyl (C=O) groups is 1. The Kier molecular flexibility index (Phi) is 7.46. The fourth-order valence-corrected chi connectivity index (χ4v) is 3.68. The van der Waals surface area contributed by atoms with Crippen molar-refractivity contribution in [2.24, 2.45) is 0 Å². The Morgan fingerprint density at radius 2 is 1.52 bits per heavy atom. The first-order chi connectivity index (χ1) is 13.6. The molecule has 0 spiro atoms. The molecule has 2 aromatic rings.